The highest BCUT2D eigenvalue weighted by atomic mass is 127. The molecule has 0 saturated carbocycles. The molecule has 0 aliphatic heterocycles. The summed E-state index contributed by atoms with van der Waals surface area (Å²) >= 11 is 2.11. The summed E-state index contributed by atoms with van der Waals surface area (Å²) in [6, 6.07) is 12.7. The molecule has 0 radical (unpaired) electrons. The van der Waals surface area contributed by atoms with Crippen molar-refractivity contribution in [3.05, 3.63) is 57.4 Å². The monoisotopic (exact) mass is 393 g/mol. The van der Waals surface area contributed by atoms with Crippen molar-refractivity contribution < 1.29 is 4.39 Å². The van der Waals surface area contributed by atoms with Crippen molar-refractivity contribution in [2.75, 3.05) is 5.73 Å². The Morgan fingerprint density at radius 2 is 1.90 bits per heavy atom. The van der Waals surface area contributed by atoms with Crippen LogP contribution < -0.4 is 5.73 Å². The number of anilines is 1. The number of halogens is 2. The van der Waals surface area contributed by atoms with E-state index in [1.54, 1.807) is 6.07 Å². The molecule has 0 amide bonds. The van der Waals surface area contributed by atoms with E-state index in [1.807, 2.05) is 31.2 Å². The standard InChI is InChI=1S/C16H13FIN3/c1-9-4-2-3-5-11(9)14-15(20-21-16(14)19)12-7-6-10(17)8-13(12)18/h2-8H,1H3,(H3,19,20,21). The van der Waals surface area contributed by atoms with Gasteiger partial charge in [-0.3, -0.25) is 5.10 Å². The molecule has 1 heterocycles. The molecule has 1 aromatic heterocycles. The van der Waals surface area contributed by atoms with Crippen molar-refractivity contribution in [2.45, 2.75) is 6.92 Å². The molecule has 0 bridgehead atoms. The van der Waals surface area contributed by atoms with Crippen molar-refractivity contribution in [1.82, 2.24) is 10.2 Å². The quantitative estimate of drug-likeness (QED) is 0.635. The van der Waals surface area contributed by atoms with Crippen LogP contribution in [0.5, 0.6) is 0 Å². The molecule has 0 saturated heterocycles. The van der Waals surface area contributed by atoms with Crippen LogP contribution in [0.25, 0.3) is 22.4 Å². The molecule has 3 N–H and O–H groups in total. The van der Waals surface area contributed by atoms with Gasteiger partial charge in [-0.2, -0.15) is 5.10 Å². The van der Waals surface area contributed by atoms with Crippen molar-refractivity contribution in [3.8, 4) is 22.4 Å². The second-order valence-corrected chi connectivity index (χ2v) is 5.96. The highest BCUT2D eigenvalue weighted by molar-refractivity contribution is 14.1. The van der Waals surface area contributed by atoms with Crippen LogP contribution in [0.4, 0.5) is 10.2 Å². The first-order chi connectivity index (χ1) is 10.1. The highest BCUT2D eigenvalue weighted by Gasteiger charge is 2.18. The summed E-state index contributed by atoms with van der Waals surface area (Å²) in [7, 11) is 0. The van der Waals surface area contributed by atoms with Crippen molar-refractivity contribution in [2.24, 2.45) is 0 Å². The molecule has 0 aliphatic rings. The highest BCUT2D eigenvalue weighted by Crippen LogP contribution is 2.37. The lowest BCUT2D eigenvalue weighted by Crippen LogP contribution is -1.92. The number of aromatic nitrogens is 2. The van der Waals surface area contributed by atoms with E-state index in [1.165, 1.54) is 12.1 Å². The van der Waals surface area contributed by atoms with Gasteiger partial charge in [0.25, 0.3) is 0 Å². The van der Waals surface area contributed by atoms with E-state index in [0.29, 0.717) is 5.82 Å². The second kappa shape index (κ2) is 5.48. The Morgan fingerprint density at radius 3 is 2.62 bits per heavy atom. The lowest BCUT2D eigenvalue weighted by molar-refractivity contribution is 0.627. The lowest BCUT2D eigenvalue weighted by Gasteiger charge is -2.09. The Bertz CT molecular complexity index is 811. The minimum atomic E-state index is -0.256. The van der Waals surface area contributed by atoms with Crippen LogP contribution in [0.2, 0.25) is 0 Å². The van der Waals surface area contributed by atoms with Gasteiger partial charge in [-0.05, 0) is 58.8 Å². The summed E-state index contributed by atoms with van der Waals surface area (Å²) in [5.41, 5.74) is 10.7. The third-order valence-electron chi connectivity index (χ3n) is 3.41. The van der Waals surface area contributed by atoms with Gasteiger partial charge >= 0.3 is 0 Å². The number of aryl methyl sites for hydroxylation is 1. The number of aromatic amines is 1. The van der Waals surface area contributed by atoms with Gasteiger partial charge in [0.2, 0.25) is 0 Å². The molecule has 3 nitrogen and oxygen atoms in total. The average molecular weight is 393 g/mol. The Labute approximate surface area is 135 Å². The first kappa shape index (κ1) is 14.1. The van der Waals surface area contributed by atoms with Crippen LogP contribution in [0.15, 0.2) is 42.5 Å². The topological polar surface area (TPSA) is 54.7 Å². The number of nitrogens with two attached hydrogens (primary N) is 1. The summed E-state index contributed by atoms with van der Waals surface area (Å²) in [5, 5.41) is 7.10. The maximum atomic E-state index is 13.3. The summed E-state index contributed by atoms with van der Waals surface area (Å²) < 4.78 is 14.1. The third kappa shape index (κ3) is 2.53. The fraction of sp³-hybridized carbons (Fsp3) is 0.0625. The molecule has 106 valence electrons. The van der Waals surface area contributed by atoms with Gasteiger partial charge in [0, 0.05) is 9.13 Å². The third-order valence-corrected chi connectivity index (χ3v) is 4.30. The molecule has 0 aliphatic carbocycles. The Kier molecular flexibility index (Phi) is 3.67. The van der Waals surface area contributed by atoms with Gasteiger partial charge in [-0.15, -0.1) is 0 Å². The van der Waals surface area contributed by atoms with E-state index in [0.717, 1.165) is 31.5 Å². The Balaban J connectivity index is 2.25. The number of hydrogen-bond acceptors (Lipinski definition) is 2. The number of rotatable bonds is 2. The molecule has 0 atom stereocenters. The van der Waals surface area contributed by atoms with E-state index in [9.17, 15) is 4.39 Å². The number of nitrogens with one attached hydrogen (secondary N) is 1. The van der Waals surface area contributed by atoms with E-state index >= 15 is 0 Å². The zero-order valence-corrected chi connectivity index (χ0v) is 13.5. The predicted molar refractivity (Wildman–Crippen MR) is 91.3 cm³/mol. The smallest absolute Gasteiger partial charge is 0.153 e. The number of nitrogen functional groups attached to an aromatic ring is 1. The second-order valence-electron chi connectivity index (χ2n) is 4.80. The first-order valence-electron chi connectivity index (χ1n) is 6.43. The van der Waals surface area contributed by atoms with Crippen LogP contribution in [-0.4, -0.2) is 10.2 Å². The Morgan fingerprint density at radius 1 is 1.14 bits per heavy atom. The van der Waals surface area contributed by atoms with Crippen molar-refractivity contribution in [3.63, 3.8) is 0 Å². The van der Waals surface area contributed by atoms with Crippen LogP contribution in [-0.2, 0) is 0 Å². The van der Waals surface area contributed by atoms with Crippen LogP contribution in [0.1, 0.15) is 5.56 Å². The van der Waals surface area contributed by atoms with Gasteiger partial charge in [0.15, 0.2) is 5.82 Å². The molecular formula is C16H13FIN3. The molecule has 3 aromatic rings. The van der Waals surface area contributed by atoms with Gasteiger partial charge in [-0.25, -0.2) is 4.39 Å². The van der Waals surface area contributed by atoms with Crippen molar-refractivity contribution >= 4 is 28.4 Å². The van der Waals surface area contributed by atoms with Crippen molar-refractivity contribution in [1.29, 1.82) is 0 Å². The predicted octanol–water partition coefficient (Wildman–Crippen LogP) is 4.38. The van der Waals surface area contributed by atoms with Crippen LogP contribution in [0.3, 0.4) is 0 Å². The maximum absolute atomic E-state index is 13.3. The van der Waals surface area contributed by atoms with Crippen LogP contribution in [0, 0.1) is 16.3 Å². The zero-order chi connectivity index (χ0) is 15.0. The molecule has 3 rings (SSSR count). The van der Waals surface area contributed by atoms with E-state index in [-0.39, 0.29) is 5.82 Å². The molecule has 2 aromatic carbocycles. The summed E-state index contributed by atoms with van der Waals surface area (Å²) in [6.45, 7) is 2.03. The first-order valence-corrected chi connectivity index (χ1v) is 7.51. The number of nitrogens with zero attached hydrogens (tertiary/aromatic N) is 1. The molecule has 0 unspecified atom stereocenters. The van der Waals surface area contributed by atoms with E-state index < -0.39 is 0 Å². The van der Waals surface area contributed by atoms with Gasteiger partial charge < -0.3 is 5.73 Å². The molecule has 21 heavy (non-hydrogen) atoms. The maximum Gasteiger partial charge on any atom is 0.153 e. The summed E-state index contributed by atoms with van der Waals surface area (Å²) in [5.74, 6) is 0.188. The number of hydrogen-bond donors (Lipinski definition) is 2. The van der Waals surface area contributed by atoms with E-state index in [2.05, 4.69) is 32.8 Å². The van der Waals surface area contributed by atoms with E-state index in [4.69, 9.17) is 5.73 Å². The number of H-pyrrole nitrogens is 1. The lowest BCUT2D eigenvalue weighted by atomic mass is 9.97. The van der Waals surface area contributed by atoms with Gasteiger partial charge in [0.1, 0.15) is 5.82 Å². The zero-order valence-electron chi connectivity index (χ0n) is 11.3. The largest absolute Gasteiger partial charge is 0.382 e. The van der Waals surface area contributed by atoms with Gasteiger partial charge in [0.05, 0.1) is 11.3 Å². The minimum Gasteiger partial charge on any atom is -0.382 e. The van der Waals surface area contributed by atoms with Gasteiger partial charge in [-0.1, -0.05) is 24.3 Å². The SMILES string of the molecule is Cc1ccccc1-c1c(N)n[nH]c1-c1ccc(F)cc1I. The molecule has 0 fully saturated rings. The molecule has 5 heteroatoms. The van der Waals surface area contributed by atoms with Crippen LogP contribution >= 0.6 is 22.6 Å². The molecule has 0 spiro atoms. The molecular weight excluding hydrogens is 380 g/mol. The minimum absolute atomic E-state index is 0.256. The summed E-state index contributed by atoms with van der Waals surface area (Å²) in [6.07, 6.45) is 0. The fourth-order valence-electron chi connectivity index (χ4n) is 2.37. The Hall–Kier alpha value is -1.89. The average Bonchev–Trinajstić information content (AvgIpc) is 2.81. The summed E-state index contributed by atoms with van der Waals surface area (Å²) in [4.78, 5) is 0. The number of benzene rings is 2. The fourth-order valence-corrected chi connectivity index (χ4v) is 3.12. The normalized spacial score (nSPS) is 10.8.